The fourth-order valence-electron chi connectivity index (χ4n) is 1.85. The van der Waals surface area contributed by atoms with Crippen molar-refractivity contribution in [3.05, 3.63) is 71.3 Å². The fourth-order valence-corrected chi connectivity index (χ4v) is 1.85. The molecule has 1 atom stereocenters. The lowest BCUT2D eigenvalue weighted by molar-refractivity contribution is 0.526. The SMILES string of the molecule is CC(NCc1cccc(F)c1)c1ccccc1F. The molecule has 0 saturated carbocycles. The first-order valence-corrected chi connectivity index (χ1v) is 5.89. The van der Waals surface area contributed by atoms with Crippen LogP contribution in [-0.4, -0.2) is 0 Å². The molecule has 1 unspecified atom stereocenters. The van der Waals surface area contributed by atoms with Crippen molar-refractivity contribution in [2.24, 2.45) is 0 Å². The van der Waals surface area contributed by atoms with Crippen molar-refractivity contribution >= 4 is 0 Å². The van der Waals surface area contributed by atoms with Gasteiger partial charge in [-0.05, 0) is 30.7 Å². The van der Waals surface area contributed by atoms with Crippen molar-refractivity contribution in [1.82, 2.24) is 5.32 Å². The fraction of sp³-hybridized carbons (Fsp3) is 0.200. The molecule has 94 valence electrons. The number of hydrogen-bond acceptors (Lipinski definition) is 1. The lowest BCUT2D eigenvalue weighted by atomic mass is 10.1. The highest BCUT2D eigenvalue weighted by Crippen LogP contribution is 2.16. The second-order valence-electron chi connectivity index (χ2n) is 4.25. The van der Waals surface area contributed by atoms with Gasteiger partial charge in [-0.25, -0.2) is 8.78 Å². The van der Waals surface area contributed by atoms with E-state index in [1.807, 2.05) is 13.0 Å². The number of rotatable bonds is 4. The summed E-state index contributed by atoms with van der Waals surface area (Å²) in [7, 11) is 0. The van der Waals surface area contributed by atoms with Crippen molar-refractivity contribution < 1.29 is 8.78 Å². The second-order valence-corrected chi connectivity index (χ2v) is 4.25. The van der Waals surface area contributed by atoms with Crippen molar-refractivity contribution in [2.45, 2.75) is 19.5 Å². The lowest BCUT2D eigenvalue weighted by Crippen LogP contribution is -2.19. The van der Waals surface area contributed by atoms with E-state index in [0.717, 1.165) is 5.56 Å². The molecule has 0 spiro atoms. The van der Waals surface area contributed by atoms with E-state index in [1.165, 1.54) is 18.2 Å². The van der Waals surface area contributed by atoms with Crippen LogP contribution in [0.3, 0.4) is 0 Å². The van der Waals surface area contributed by atoms with Crippen LogP contribution in [0.15, 0.2) is 48.5 Å². The molecule has 3 heteroatoms. The predicted molar refractivity (Wildman–Crippen MR) is 68.1 cm³/mol. The summed E-state index contributed by atoms with van der Waals surface area (Å²) in [6.07, 6.45) is 0. The van der Waals surface area contributed by atoms with Gasteiger partial charge in [-0.3, -0.25) is 0 Å². The van der Waals surface area contributed by atoms with Crippen molar-refractivity contribution in [3.8, 4) is 0 Å². The lowest BCUT2D eigenvalue weighted by Gasteiger charge is -2.15. The highest BCUT2D eigenvalue weighted by atomic mass is 19.1. The standard InChI is InChI=1S/C15H15F2N/c1-11(14-7-2-3-8-15(14)17)18-10-12-5-4-6-13(16)9-12/h2-9,11,18H,10H2,1H3. The second kappa shape index (κ2) is 5.74. The molecule has 0 radical (unpaired) electrons. The molecule has 2 aromatic rings. The smallest absolute Gasteiger partial charge is 0.127 e. The minimum Gasteiger partial charge on any atom is -0.306 e. The Morgan fingerprint density at radius 1 is 1.06 bits per heavy atom. The van der Waals surface area contributed by atoms with Gasteiger partial charge in [0.25, 0.3) is 0 Å². The van der Waals surface area contributed by atoms with Crippen LogP contribution >= 0.6 is 0 Å². The maximum absolute atomic E-state index is 13.5. The first-order chi connectivity index (χ1) is 8.66. The monoisotopic (exact) mass is 247 g/mol. The van der Waals surface area contributed by atoms with Gasteiger partial charge in [0.15, 0.2) is 0 Å². The third kappa shape index (κ3) is 3.14. The minimum atomic E-state index is -0.257. The van der Waals surface area contributed by atoms with Crippen LogP contribution < -0.4 is 5.32 Å². The Labute approximate surface area is 105 Å². The normalized spacial score (nSPS) is 12.4. The van der Waals surface area contributed by atoms with Gasteiger partial charge in [0.1, 0.15) is 11.6 Å². The maximum Gasteiger partial charge on any atom is 0.127 e. The number of benzene rings is 2. The summed E-state index contributed by atoms with van der Waals surface area (Å²) >= 11 is 0. The quantitative estimate of drug-likeness (QED) is 0.866. The van der Waals surface area contributed by atoms with Crippen LogP contribution in [0.5, 0.6) is 0 Å². The highest BCUT2D eigenvalue weighted by molar-refractivity contribution is 5.21. The first kappa shape index (κ1) is 12.7. The van der Waals surface area contributed by atoms with Crippen molar-refractivity contribution in [3.63, 3.8) is 0 Å². The number of nitrogens with one attached hydrogen (secondary N) is 1. The van der Waals surface area contributed by atoms with Crippen LogP contribution in [0.25, 0.3) is 0 Å². The predicted octanol–water partition coefficient (Wildman–Crippen LogP) is 3.82. The molecule has 2 aromatic carbocycles. The van der Waals surface area contributed by atoms with Gasteiger partial charge in [0.2, 0.25) is 0 Å². The Kier molecular flexibility index (Phi) is 4.05. The van der Waals surface area contributed by atoms with E-state index in [4.69, 9.17) is 0 Å². The molecule has 2 rings (SSSR count). The van der Waals surface area contributed by atoms with Crippen LogP contribution in [0, 0.1) is 11.6 Å². The minimum absolute atomic E-state index is 0.116. The van der Waals surface area contributed by atoms with E-state index in [1.54, 1.807) is 24.3 Å². The molecule has 0 heterocycles. The first-order valence-electron chi connectivity index (χ1n) is 5.89. The zero-order valence-electron chi connectivity index (χ0n) is 10.2. The van der Waals surface area contributed by atoms with Gasteiger partial charge in [-0.1, -0.05) is 30.3 Å². The molecule has 0 fully saturated rings. The van der Waals surface area contributed by atoms with E-state index in [2.05, 4.69) is 5.32 Å². The average molecular weight is 247 g/mol. The van der Waals surface area contributed by atoms with Crippen molar-refractivity contribution in [2.75, 3.05) is 0 Å². The summed E-state index contributed by atoms with van der Waals surface area (Å²) < 4.78 is 26.5. The summed E-state index contributed by atoms with van der Waals surface area (Å²) in [4.78, 5) is 0. The summed E-state index contributed by atoms with van der Waals surface area (Å²) in [6, 6.07) is 12.9. The summed E-state index contributed by atoms with van der Waals surface area (Å²) in [5, 5.41) is 3.18. The van der Waals surface area contributed by atoms with E-state index < -0.39 is 0 Å². The van der Waals surface area contributed by atoms with Crippen LogP contribution in [0.1, 0.15) is 24.1 Å². The Morgan fingerprint density at radius 2 is 1.83 bits per heavy atom. The topological polar surface area (TPSA) is 12.0 Å². The molecule has 0 amide bonds. The van der Waals surface area contributed by atoms with Gasteiger partial charge in [-0.15, -0.1) is 0 Å². The molecular weight excluding hydrogens is 232 g/mol. The molecule has 0 aliphatic heterocycles. The summed E-state index contributed by atoms with van der Waals surface area (Å²) in [5.74, 6) is -0.482. The van der Waals surface area contributed by atoms with Crippen LogP contribution in [-0.2, 0) is 6.54 Å². The Hall–Kier alpha value is -1.74. The van der Waals surface area contributed by atoms with Gasteiger partial charge in [-0.2, -0.15) is 0 Å². The van der Waals surface area contributed by atoms with Gasteiger partial charge >= 0.3 is 0 Å². The van der Waals surface area contributed by atoms with E-state index in [-0.39, 0.29) is 17.7 Å². The Morgan fingerprint density at radius 3 is 2.56 bits per heavy atom. The van der Waals surface area contributed by atoms with Gasteiger partial charge < -0.3 is 5.32 Å². The van der Waals surface area contributed by atoms with E-state index in [9.17, 15) is 8.78 Å². The zero-order valence-corrected chi connectivity index (χ0v) is 10.2. The molecule has 0 aliphatic rings. The number of hydrogen-bond donors (Lipinski definition) is 1. The molecule has 1 N–H and O–H groups in total. The van der Waals surface area contributed by atoms with E-state index in [0.29, 0.717) is 12.1 Å². The molecular formula is C15H15F2N. The third-order valence-corrected chi connectivity index (χ3v) is 2.87. The Balaban J connectivity index is 2.00. The largest absolute Gasteiger partial charge is 0.306 e. The maximum atomic E-state index is 13.5. The van der Waals surface area contributed by atoms with Crippen LogP contribution in [0.4, 0.5) is 8.78 Å². The summed E-state index contributed by atoms with van der Waals surface area (Å²) in [5.41, 5.74) is 1.46. The molecule has 0 saturated heterocycles. The average Bonchev–Trinajstić information content (AvgIpc) is 2.37. The summed E-state index contributed by atoms with van der Waals surface area (Å²) in [6.45, 7) is 2.39. The number of halogens is 2. The molecule has 1 nitrogen and oxygen atoms in total. The molecule has 0 aromatic heterocycles. The third-order valence-electron chi connectivity index (χ3n) is 2.87. The highest BCUT2D eigenvalue weighted by Gasteiger charge is 2.09. The van der Waals surface area contributed by atoms with Crippen molar-refractivity contribution in [1.29, 1.82) is 0 Å². The van der Waals surface area contributed by atoms with E-state index >= 15 is 0 Å². The zero-order chi connectivity index (χ0) is 13.0. The molecule has 0 aliphatic carbocycles. The van der Waals surface area contributed by atoms with Gasteiger partial charge in [0, 0.05) is 18.2 Å². The molecule has 18 heavy (non-hydrogen) atoms. The Bertz CT molecular complexity index is 525. The molecule has 0 bridgehead atoms. The van der Waals surface area contributed by atoms with Gasteiger partial charge in [0.05, 0.1) is 0 Å². The van der Waals surface area contributed by atoms with Crippen LogP contribution in [0.2, 0.25) is 0 Å².